The van der Waals surface area contributed by atoms with Crippen LogP contribution in [0.15, 0.2) is 121 Å². The van der Waals surface area contributed by atoms with Crippen LogP contribution in [0.2, 0.25) is 12.1 Å². The van der Waals surface area contributed by atoms with Crippen LogP contribution >= 0.6 is 0 Å². The molecule has 0 fully saturated rings. The van der Waals surface area contributed by atoms with Gasteiger partial charge in [-0.1, -0.05) is 157 Å². The van der Waals surface area contributed by atoms with E-state index in [1.807, 2.05) is 0 Å². The highest BCUT2D eigenvalue weighted by molar-refractivity contribution is 7.03. The van der Waals surface area contributed by atoms with E-state index in [4.69, 9.17) is 0 Å². The van der Waals surface area contributed by atoms with Crippen molar-refractivity contribution in [2.24, 2.45) is 0 Å². The van der Waals surface area contributed by atoms with Crippen LogP contribution in [0.1, 0.15) is 103 Å². The van der Waals surface area contributed by atoms with Crippen LogP contribution in [0.4, 0.5) is 34.1 Å². The van der Waals surface area contributed by atoms with E-state index in [-0.39, 0.29) is 0 Å². The monoisotopic (exact) mass is 947 g/mol. The maximum Gasteiger partial charge on any atom is 0.119 e. The van der Waals surface area contributed by atoms with E-state index in [0.29, 0.717) is 0 Å². The van der Waals surface area contributed by atoms with Crippen LogP contribution in [0, 0.1) is 96.9 Å². The first-order chi connectivity index (χ1) is 33.8. The van der Waals surface area contributed by atoms with Crippen molar-refractivity contribution in [1.29, 1.82) is 0 Å². The number of rotatable bonds is 10. The SMILES string of the molecule is CC[Si]1(CC)c2cc(-c3ccc(N(c4c(C)cc(C)cc4C)c4c(C)cc(C)cc4C)c(C)c3)ccc2C=Cc2ccc(-c3ccc(N(c4c(C)cc(C)cc4C)c4c(C)cc(C)cc4C)c(C)c3)cc21. The van der Waals surface area contributed by atoms with Gasteiger partial charge in [0.2, 0.25) is 0 Å². The number of hydrogen-bond acceptors (Lipinski definition) is 2. The summed E-state index contributed by atoms with van der Waals surface area (Å²) in [7, 11) is -2.26. The number of anilines is 6. The molecule has 3 heteroatoms. The van der Waals surface area contributed by atoms with Crippen LogP contribution in [0.3, 0.4) is 0 Å². The quantitative estimate of drug-likeness (QED) is 0.126. The van der Waals surface area contributed by atoms with Crippen LogP contribution in [0.5, 0.6) is 0 Å². The molecule has 1 aliphatic heterocycles. The topological polar surface area (TPSA) is 6.48 Å². The van der Waals surface area contributed by atoms with Gasteiger partial charge in [0.1, 0.15) is 8.07 Å². The van der Waals surface area contributed by atoms with E-state index >= 15 is 0 Å². The summed E-state index contributed by atoms with van der Waals surface area (Å²) in [5, 5.41) is 3.09. The van der Waals surface area contributed by atoms with Crippen LogP contribution in [-0.4, -0.2) is 8.07 Å². The molecule has 1 heterocycles. The van der Waals surface area contributed by atoms with Crippen molar-refractivity contribution in [1.82, 2.24) is 0 Å². The first-order valence-corrected chi connectivity index (χ1v) is 28.4. The van der Waals surface area contributed by atoms with E-state index < -0.39 is 8.07 Å². The minimum atomic E-state index is -2.26. The molecule has 0 radical (unpaired) electrons. The molecule has 0 aliphatic carbocycles. The summed E-state index contributed by atoms with van der Waals surface area (Å²) < 4.78 is 0. The van der Waals surface area contributed by atoms with Gasteiger partial charge < -0.3 is 9.80 Å². The molecule has 360 valence electrons. The van der Waals surface area contributed by atoms with E-state index in [9.17, 15) is 0 Å². The second kappa shape index (κ2) is 19.1. The molecule has 0 saturated heterocycles. The zero-order valence-corrected chi connectivity index (χ0v) is 46.5. The summed E-state index contributed by atoms with van der Waals surface area (Å²) in [6.07, 6.45) is 4.78. The summed E-state index contributed by atoms with van der Waals surface area (Å²) >= 11 is 0. The Labute approximate surface area is 427 Å². The molecular weight excluding hydrogens is 873 g/mol. The van der Waals surface area contributed by atoms with Crippen molar-refractivity contribution in [2.75, 3.05) is 9.80 Å². The first kappa shape index (κ1) is 49.3. The number of aryl methyl sites for hydroxylation is 14. The molecule has 0 N–H and O–H groups in total. The van der Waals surface area contributed by atoms with Crippen molar-refractivity contribution in [3.63, 3.8) is 0 Å². The molecule has 1 aliphatic rings. The second-order valence-electron chi connectivity index (χ2n) is 21.4. The molecule has 0 aromatic heterocycles. The highest BCUT2D eigenvalue weighted by Crippen LogP contribution is 2.47. The summed E-state index contributed by atoms with van der Waals surface area (Å²) in [5.74, 6) is 0. The average Bonchev–Trinajstić information content (AvgIpc) is 3.43. The highest BCUT2D eigenvalue weighted by Gasteiger charge is 2.38. The molecule has 9 rings (SSSR count). The van der Waals surface area contributed by atoms with Gasteiger partial charge >= 0.3 is 0 Å². The highest BCUT2D eigenvalue weighted by atomic mass is 28.3. The van der Waals surface area contributed by atoms with Crippen molar-refractivity contribution in [2.45, 2.75) is 123 Å². The number of benzene rings is 8. The van der Waals surface area contributed by atoms with Crippen LogP contribution in [0.25, 0.3) is 34.4 Å². The van der Waals surface area contributed by atoms with E-state index in [0.717, 1.165) is 12.1 Å². The van der Waals surface area contributed by atoms with Crippen molar-refractivity contribution < 1.29 is 0 Å². The van der Waals surface area contributed by atoms with Gasteiger partial charge in [-0.15, -0.1) is 0 Å². The Kier molecular flexibility index (Phi) is 13.3. The molecule has 0 bridgehead atoms. The maximum absolute atomic E-state index is 2.58. The maximum atomic E-state index is 2.58. The predicted octanol–water partition coefficient (Wildman–Crippen LogP) is 18.4. The first-order valence-electron chi connectivity index (χ1n) is 25.9. The third-order valence-corrected chi connectivity index (χ3v) is 21.1. The Balaban J connectivity index is 1.12. The van der Waals surface area contributed by atoms with Gasteiger partial charge in [-0.05, 0) is 221 Å². The van der Waals surface area contributed by atoms with E-state index in [1.54, 1.807) is 10.4 Å². The normalized spacial score (nSPS) is 12.7. The second-order valence-corrected chi connectivity index (χ2v) is 26.0. The molecule has 0 spiro atoms. The lowest BCUT2D eigenvalue weighted by atomic mass is 9.96. The molecule has 0 saturated carbocycles. The van der Waals surface area contributed by atoms with Gasteiger partial charge in [-0.25, -0.2) is 0 Å². The number of fused-ring (bicyclic) bond motifs is 2. The van der Waals surface area contributed by atoms with Crippen molar-refractivity contribution in [3.8, 4) is 22.3 Å². The fourth-order valence-corrected chi connectivity index (χ4v) is 17.5. The molecule has 0 unspecified atom stereocenters. The zero-order valence-electron chi connectivity index (χ0n) is 45.5. The van der Waals surface area contributed by atoms with Gasteiger partial charge in [0.15, 0.2) is 0 Å². The smallest absolute Gasteiger partial charge is 0.119 e. The molecule has 0 atom stereocenters. The summed E-state index contributed by atoms with van der Waals surface area (Å²) in [6, 6.07) is 49.9. The third kappa shape index (κ3) is 8.82. The van der Waals surface area contributed by atoms with E-state index in [2.05, 4.69) is 254 Å². The molecule has 8 aromatic rings. The Hall–Kier alpha value is -6.68. The van der Waals surface area contributed by atoms with Gasteiger partial charge in [0.05, 0.1) is 22.7 Å². The molecule has 2 nitrogen and oxygen atoms in total. The Morgan fingerprint density at radius 3 is 0.803 bits per heavy atom. The Morgan fingerprint density at radius 2 is 0.549 bits per heavy atom. The predicted molar refractivity (Wildman–Crippen MR) is 314 cm³/mol. The molecule has 0 amide bonds. The van der Waals surface area contributed by atoms with Crippen molar-refractivity contribution >= 4 is 64.7 Å². The lowest BCUT2D eigenvalue weighted by molar-refractivity contribution is 1.15. The number of hydrogen-bond donors (Lipinski definition) is 0. The minimum absolute atomic E-state index is 1.13. The lowest BCUT2D eigenvalue weighted by Crippen LogP contribution is -2.58. The van der Waals surface area contributed by atoms with Gasteiger partial charge in [0, 0.05) is 11.4 Å². The van der Waals surface area contributed by atoms with Crippen LogP contribution in [-0.2, 0) is 0 Å². The van der Waals surface area contributed by atoms with Crippen LogP contribution < -0.4 is 20.2 Å². The van der Waals surface area contributed by atoms with Crippen molar-refractivity contribution in [3.05, 3.63) is 210 Å². The number of nitrogens with zero attached hydrogens (tertiary/aromatic N) is 2. The molecule has 71 heavy (non-hydrogen) atoms. The largest absolute Gasteiger partial charge is 0.309 e. The molecule has 8 aromatic carbocycles. The van der Waals surface area contributed by atoms with Gasteiger partial charge in [0.25, 0.3) is 0 Å². The lowest BCUT2D eigenvalue weighted by Gasteiger charge is -2.34. The van der Waals surface area contributed by atoms with E-state index in [1.165, 1.54) is 145 Å². The fraction of sp³-hybridized carbons (Fsp3) is 0.265. The van der Waals surface area contributed by atoms with Gasteiger partial charge in [-0.3, -0.25) is 0 Å². The fourth-order valence-electron chi connectivity index (χ4n) is 12.9. The standard InChI is InChI=1S/C68H74N2Si/c1-17-71(18-2)63-39-59(57-25-27-61(45(7)37-57)69(65-47(9)29-41(3)30-48(65)10)66-49(11)31-42(4)32-50(66)12)23-21-55(63)19-20-56-22-24-60(40-64(56)71)58-26-28-62(46(8)38-58)70(67-51(13)33-43(5)34-52(67)14)68-53(15)35-44(6)36-54(68)16/h19-40H,17-18H2,1-16H3. The Morgan fingerprint density at radius 1 is 0.296 bits per heavy atom. The Bertz CT molecular complexity index is 3020. The third-order valence-electron chi connectivity index (χ3n) is 15.8. The molecular formula is C68H74N2Si. The average molecular weight is 947 g/mol. The summed E-state index contributed by atoms with van der Waals surface area (Å²) in [6.45, 7) is 36.4. The minimum Gasteiger partial charge on any atom is -0.309 e. The zero-order chi connectivity index (χ0) is 50.8. The summed E-state index contributed by atoms with van der Waals surface area (Å²) in [5.41, 5.74) is 33.4. The van der Waals surface area contributed by atoms with Gasteiger partial charge in [-0.2, -0.15) is 0 Å². The summed E-state index contributed by atoms with van der Waals surface area (Å²) in [4.78, 5) is 5.08.